The van der Waals surface area contributed by atoms with E-state index in [1.54, 1.807) is 0 Å². The van der Waals surface area contributed by atoms with Crippen molar-refractivity contribution in [3.63, 3.8) is 0 Å². The lowest BCUT2D eigenvalue weighted by Gasteiger charge is -2.26. The third-order valence-electron chi connectivity index (χ3n) is 3.84. The summed E-state index contributed by atoms with van der Waals surface area (Å²) in [4.78, 5) is 12.2. The van der Waals surface area contributed by atoms with Gasteiger partial charge >= 0.3 is 0 Å². The first kappa shape index (κ1) is 13.1. The fraction of sp³-hybridized carbons (Fsp3) is 0.533. The van der Waals surface area contributed by atoms with Gasteiger partial charge in [-0.2, -0.15) is 0 Å². The minimum Gasteiger partial charge on any atom is -0.348 e. The minimum absolute atomic E-state index is 0.000255. The first-order valence-electron chi connectivity index (χ1n) is 6.57. The second-order valence-electron chi connectivity index (χ2n) is 5.66. The van der Waals surface area contributed by atoms with Crippen molar-refractivity contribution in [3.8, 4) is 0 Å². The lowest BCUT2D eigenvalue weighted by atomic mass is 9.95. The Balaban J connectivity index is 2.00. The summed E-state index contributed by atoms with van der Waals surface area (Å²) in [5.74, 6) is 0.306. The molecular weight excluding hydrogens is 224 g/mol. The molecule has 0 aliphatic heterocycles. The second-order valence-corrected chi connectivity index (χ2v) is 5.66. The van der Waals surface area contributed by atoms with Crippen LogP contribution in [0.25, 0.3) is 0 Å². The molecule has 0 saturated heterocycles. The zero-order chi connectivity index (χ0) is 13.3. The van der Waals surface area contributed by atoms with Gasteiger partial charge in [0.15, 0.2) is 0 Å². The molecule has 0 radical (unpaired) electrons. The van der Waals surface area contributed by atoms with E-state index in [2.05, 4.69) is 24.4 Å². The smallest absolute Gasteiger partial charge is 0.240 e. The molecule has 98 valence electrons. The predicted octanol–water partition coefficient (Wildman–Crippen LogP) is 2.30. The maximum atomic E-state index is 12.2. The highest BCUT2D eigenvalue weighted by atomic mass is 16.2. The number of nitrogens with one attached hydrogen (secondary N) is 1. The van der Waals surface area contributed by atoms with Gasteiger partial charge in [-0.1, -0.05) is 29.8 Å². The highest BCUT2D eigenvalue weighted by Crippen LogP contribution is 2.38. The fourth-order valence-corrected chi connectivity index (χ4v) is 2.16. The molecule has 1 saturated carbocycles. The van der Waals surface area contributed by atoms with Gasteiger partial charge in [0.2, 0.25) is 5.91 Å². The van der Waals surface area contributed by atoms with Crippen molar-refractivity contribution in [3.05, 3.63) is 35.4 Å². The van der Waals surface area contributed by atoms with Gasteiger partial charge in [-0.3, -0.25) is 4.79 Å². The molecule has 3 nitrogen and oxygen atoms in total. The zero-order valence-corrected chi connectivity index (χ0v) is 11.4. The van der Waals surface area contributed by atoms with Crippen molar-refractivity contribution in [2.45, 2.75) is 45.2 Å². The molecule has 1 aromatic carbocycles. The molecular formula is C15H22N2O. The van der Waals surface area contributed by atoms with E-state index in [9.17, 15) is 4.79 Å². The summed E-state index contributed by atoms with van der Waals surface area (Å²) in [7, 11) is 0. The van der Waals surface area contributed by atoms with Crippen LogP contribution < -0.4 is 11.1 Å². The van der Waals surface area contributed by atoms with E-state index in [1.165, 1.54) is 5.56 Å². The first-order chi connectivity index (χ1) is 8.41. The van der Waals surface area contributed by atoms with Gasteiger partial charge < -0.3 is 11.1 Å². The van der Waals surface area contributed by atoms with Crippen LogP contribution >= 0.6 is 0 Å². The van der Waals surface area contributed by atoms with E-state index < -0.39 is 5.54 Å². The minimum atomic E-state index is -0.723. The molecule has 1 aromatic rings. The molecule has 1 fully saturated rings. The molecule has 3 heteroatoms. The molecule has 1 aliphatic carbocycles. The van der Waals surface area contributed by atoms with E-state index in [0.29, 0.717) is 5.92 Å². The van der Waals surface area contributed by atoms with Crippen molar-refractivity contribution in [2.24, 2.45) is 11.7 Å². The summed E-state index contributed by atoms with van der Waals surface area (Å²) >= 11 is 0. The molecule has 1 amide bonds. The van der Waals surface area contributed by atoms with Gasteiger partial charge in [0.25, 0.3) is 0 Å². The molecule has 2 atom stereocenters. The van der Waals surface area contributed by atoms with E-state index >= 15 is 0 Å². The average molecular weight is 246 g/mol. The quantitative estimate of drug-likeness (QED) is 0.856. The van der Waals surface area contributed by atoms with E-state index in [-0.39, 0.29) is 11.9 Å². The van der Waals surface area contributed by atoms with Crippen molar-refractivity contribution in [1.82, 2.24) is 5.32 Å². The summed E-state index contributed by atoms with van der Waals surface area (Å²) in [6.07, 6.45) is 2.14. The third-order valence-corrected chi connectivity index (χ3v) is 3.84. The Morgan fingerprint density at radius 1 is 1.39 bits per heavy atom. The Kier molecular flexibility index (Phi) is 3.44. The van der Waals surface area contributed by atoms with E-state index in [4.69, 9.17) is 5.73 Å². The highest BCUT2D eigenvalue weighted by molar-refractivity contribution is 5.86. The number of carbonyl (C=O) groups is 1. The molecule has 1 unspecified atom stereocenters. The number of aryl methyl sites for hydroxylation is 1. The standard InChI is InChI=1S/C15H22N2O/c1-10-4-6-12(7-5-10)11(2)17-14(18)15(3,16)13-8-9-13/h4-7,11,13H,8-9,16H2,1-3H3,(H,17,18)/t11-,15?/m0/s1. The Labute approximate surface area is 109 Å². The molecule has 1 aliphatic rings. The summed E-state index contributed by atoms with van der Waals surface area (Å²) in [6.45, 7) is 5.88. The van der Waals surface area contributed by atoms with Gasteiger partial charge in [-0.15, -0.1) is 0 Å². The Morgan fingerprint density at radius 2 is 1.94 bits per heavy atom. The molecule has 3 N–H and O–H groups in total. The van der Waals surface area contributed by atoms with Crippen LogP contribution in [0.4, 0.5) is 0 Å². The largest absolute Gasteiger partial charge is 0.348 e. The van der Waals surface area contributed by atoms with Gasteiger partial charge in [-0.25, -0.2) is 0 Å². The third kappa shape index (κ3) is 2.72. The van der Waals surface area contributed by atoms with Gasteiger partial charge in [0, 0.05) is 0 Å². The van der Waals surface area contributed by atoms with Crippen molar-refractivity contribution >= 4 is 5.91 Å². The van der Waals surface area contributed by atoms with Crippen LogP contribution in [0.3, 0.4) is 0 Å². The first-order valence-corrected chi connectivity index (χ1v) is 6.57. The number of amides is 1. The van der Waals surface area contributed by atoms with Crippen LogP contribution in [0.15, 0.2) is 24.3 Å². The predicted molar refractivity (Wildman–Crippen MR) is 73.1 cm³/mol. The SMILES string of the molecule is Cc1ccc([C@H](C)NC(=O)C(C)(N)C2CC2)cc1. The summed E-state index contributed by atoms with van der Waals surface area (Å²) in [5.41, 5.74) is 7.71. The zero-order valence-electron chi connectivity index (χ0n) is 11.4. The molecule has 0 bridgehead atoms. The average Bonchev–Trinajstić information content (AvgIpc) is 3.13. The lowest BCUT2D eigenvalue weighted by molar-refractivity contribution is -0.127. The number of nitrogens with two attached hydrogens (primary N) is 1. The van der Waals surface area contributed by atoms with Gasteiger partial charge in [0.05, 0.1) is 11.6 Å². The monoisotopic (exact) mass is 246 g/mol. The fourth-order valence-electron chi connectivity index (χ4n) is 2.16. The van der Waals surface area contributed by atoms with Crippen molar-refractivity contribution < 1.29 is 4.79 Å². The molecule has 0 heterocycles. The van der Waals surface area contributed by atoms with Crippen LogP contribution in [0, 0.1) is 12.8 Å². The molecule has 0 aromatic heterocycles. The topological polar surface area (TPSA) is 55.1 Å². The summed E-state index contributed by atoms with van der Waals surface area (Å²) in [6, 6.07) is 8.21. The maximum Gasteiger partial charge on any atom is 0.240 e. The van der Waals surface area contributed by atoms with Gasteiger partial charge in [-0.05, 0) is 45.1 Å². The number of carbonyl (C=O) groups excluding carboxylic acids is 1. The Bertz CT molecular complexity index is 432. The van der Waals surface area contributed by atoms with Crippen molar-refractivity contribution in [1.29, 1.82) is 0 Å². The van der Waals surface area contributed by atoms with Gasteiger partial charge in [0.1, 0.15) is 0 Å². The maximum absolute atomic E-state index is 12.2. The molecule has 0 spiro atoms. The molecule has 18 heavy (non-hydrogen) atoms. The lowest BCUT2D eigenvalue weighted by Crippen LogP contribution is -2.53. The van der Waals surface area contributed by atoms with E-state index in [1.807, 2.05) is 26.0 Å². The summed E-state index contributed by atoms with van der Waals surface area (Å²) in [5, 5.41) is 3.01. The van der Waals surface area contributed by atoms with Crippen LogP contribution in [0.1, 0.15) is 43.9 Å². The number of benzene rings is 1. The summed E-state index contributed by atoms with van der Waals surface area (Å²) < 4.78 is 0. The van der Waals surface area contributed by atoms with Crippen LogP contribution in [-0.2, 0) is 4.79 Å². The number of rotatable bonds is 4. The van der Waals surface area contributed by atoms with Crippen LogP contribution in [0.5, 0.6) is 0 Å². The Hall–Kier alpha value is -1.35. The Morgan fingerprint density at radius 3 is 2.44 bits per heavy atom. The van der Waals surface area contributed by atoms with Crippen LogP contribution in [-0.4, -0.2) is 11.4 Å². The normalized spacial score (nSPS) is 20.0. The van der Waals surface area contributed by atoms with Crippen molar-refractivity contribution in [2.75, 3.05) is 0 Å². The van der Waals surface area contributed by atoms with Crippen LogP contribution in [0.2, 0.25) is 0 Å². The van der Waals surface area contributed by atoms with E-state index in [0.717, 1.165) is 18.4 Å². The second kappa shape index (κ2) is 4.73. The highest BCUT2D eigenvalue weighted by Gasteiger charge is 2.44. The number of hydrogen-bond donors (Lipinski definition) is 2. The molecule has 2 rings (SSSR count). The number of hydrogen-bond acceptors (Lipinski definition) is 2.